The highest BCUT2D eigenvalue weighted by atomic mass is 16.1. The molecule has 0 aliphatic rings. The van der Waals surface area contributed by atoms with Crippen LogP contribution in [-0.2, 0) is 0 Å². The Bertz CT molecular complexity index is 533. The molecule has 5 nitrogen and oxygen atoms in total. The fourth-order valence-electron chi connectivity index (χ4n) is 1.78. The Morgan fingerprint density at radius 2 is 2.28 bits per heavy atom. The van der Waals surface area contributed by atoms with Crippen molar-refractivity contribution in [2.75, 3.05) is 27.2 Å². The molecule has 0 radical (unpaired) electrons. The SMILES string of the molecule is CN(C)CCCNC(=O)c1ccc2[nH]ncc2c1. The molecular formula is C13H18N4O. The average molecular weight is 246 g/mol. The number of rotatable bonds is 5. The van der Waals surface area contributed by atoms with Crippen molar-refractivity contribution in [2.45, 2.75) is 6.42 Å². The van der Waals surface area contributed by atoms with Crippen molar-refractivity contribution in [1.29, 1.82) is 0 Å². The number of aromatic nitrogens is 2. The zero-order valence-electron chi connectivity index (χ0n) is 10.7. The van der Waals surface area contributed by atoms with Crippen molar-refractivity contribution < 1.29 is 4.79 Å². The second kappa shape index (κ2) is 5.64. The van der Waals surface area contributed by atoms with Crippen LogP contribution in [0, 0.1) is 0 Å². The van der Waals surface area contributed by atoms with Gasteiger partial charge in [-0.3, -0.25) is 9.89 Å². The van der Waals surface area contributed by atoms with E-state index in [4.69, 9.17) is 0 Å². The molecule has 0 fully saturated rings. The van der Waals surface area contributed by atoms with Crippen LogP contribution in [0.4, 0.5) is 0 Å². The minimum absolute atomic E-state index is 0.0307. The van der Waals surface area contributed by atoms with Crippen LogP contribution >= 0.6 is 0 Å². The van der Waals surface area contributed by atoms with Crippen molar-refractivity contribution in [1.82, 2.24) is 20.4 Å². The van der Waals surface area contributed by atoms with Crippen LogP contribution in [0.1, 0.15) is 16.8 Å². The maximum Gasteiger partial charge on any atom is 0.251 e. The Kier molecular flexibility index (Phi) is 3.94. The lowest BCUT2D eigenvalue weighted by atomic mass is 10.1. The maximum absolute atomic E-state index is 11.9. The molecular weight excluding hydrogens is 228 g/mol. The number of H-pyrrole nitrogens is 1. The second-order valence-electron chi connectivity index (χ2n) is 4.58. The van der Waals surface area contributed by atoms with Gasteiger partial charge in [-0.05, 0) is 45.3 Å². The molecule has 1 aromatic heterocycles. The van der Waals surface area contributed by atoms with Crippen LogP contribution in [0.2, 0.25) is 0 Å². The Balaban J connectivity index is 1.92. The minimum Gasteiger partial charge on any atom is -0.352 e. The van der Waals surface area contributed by atoms with Crippen molar-refractivity contribution >= 4 is 16.8 Å². The van der Waals surface area contributed by atoms with E-state index in [0.29, 0.717) is 12.1 Å². The molecule has 0 aliphatic carbocycles. The predicted octanol–water partition coefficient (Wildman–Crippen LogP) is 1.24. The van der Waals surface area contributed by atoms with Crippen LogP contribution in [-0.4, -0.2) is 48.2 Å². The van der Waals surface area contributed by atoms with Crippen molar-refractivity contribution in [3.8, 4) is 0 Å². The van der Waals surface area contributed by atoms with E-state index in [9.17, 15) is 4.79 Å². The lowest BCUT2D eigenvalue weighted by Gasteiger charge is -2.09. The van der Waals surface area contributed by atoms with Gasteiger partial charge in [-0.25, -0.2) is 0 Å². The Hall–Kier alpha value is -1.88. The first-order chi connectivity index (χ1) is 8.66. The summed E-state index contributed by atoms with van der Waals surface area (Å²) in [6, 6.07) is 5.53. The molecule has 96 valence electrons. The van der Waals surface area contributed by atoms with Crippen LogP contribution in [0.25, 0.3) is 10.9 Å². The summed E-state index contributed by atoms with van der Waals surface area (Å²) in [5.74, 6) is -0.0307. The number of carbonyl (C=O) groups excluding carboxylic acids is 1. The van der Waals surface area contributed by atoms with Crippen molar-refractivity contribution in [2.24, 2.45) is 0 Å². The van der Waals surface area contributed by atoms with Gasteiger partial charge < -0.3 is 10.2 Å². The highest BCUT2D eigenvalue weighted by molar-refractivity contribution is 5.97. The average Bonchev–Trinajstić information content (AvgIpc) is 2.81. The number of amides is 1. The topological polar surface area (TPSA) is 61.0 Å². The molecule has 2 rings (SSSR count). The molecule has 0 spiro atoms. The van der Waals surface area contributed by atoms with Crippen LogP contribution in [0.5, 0.6) is 0 Å². The van der Waals surface area contributed by atoms with Gasteiger partial charge >= 0.3 is 0 Å². The Morgan fingerprint density at radius 3 is 3.06 bits per heavy atom. The standard InChI is InChI=1S/C13H18N4O/c1-17(2)7-3-6-14-13(18)10-4-5-12-11(8-10)9-15-16-12/h4-5,8-9H,3,6-7H2,1-2H3,(H,14,18)(H,15,16). The molecule has 0 saturated heterocycles. The second-order valence-corrected chi connectivity index (χ2v) is 4.58. The van der Waals surface area contributed by atoms with Gasteiger partial charge in [0.15, 0.2) is 0 Å². The Labute approximate surface area is 106 Å². The molecule has 0 bridgehead atoms. The molecule has 0 atom stereocenters. The van der Waals surface area contributed by atoms with E-state index < -0.39 is 0 Å². The first-order valence-corrected chi connectivity index (χ1v) is 6.03. The zero-order chi connectivity index (χ0) is 13.0. The highest BCUT2D eigenvalue weighted by Crippen LogP contribution is 2.12. The number of hydrogen-bond donors (Lipinski definition) is 2. The summed E-state index contributed by atoms with van der Waals surface area (Å²) in [6.07, 6.45) is 2.67. The van der Waals surface area contributed by atoms with Crippen LogP contribution in [0.3, 0.4) is 0 Å². The predicted molar refractivity (Wildman–Crippen MR) is 71.6 cm³/mol. The van der Waals surface area contributed by atoms with Gasteiger partial charge in [0, 0.05) is 17.5 Å². The number of nitrogens with one attached hydrogen (secondary N) is 2. The summed E-state index contributed by atoms with van der Waals surface area (Å²) in [5.41, 5.74) is 1.62. The van der Waals surface area contributed by atoms with E-state index in [-0.39, 0.29) is 5.91 Å². The van der Waals surface area contributed by atoms with E-state index in [1.54, 1.807) is 6.20 Å². The number of hydrogen-bond acceptors (Lipinski definition) is 3. The third-order valence-electron chi connectivity index (χ3n) is 2.77. The monoisotopic (exact) mass is 246 g/mol. The fourth-order valence-corrected chi connectivity index (χ4v) is 1.78. The fraction of sp³-hybridized carbons (Fsp3) is 0.385. The molecule has 2 N–H and O–H groups in total. The molecule has 0 saturated carbocycles. The zero-order valence-corrected chi connectivity index (χ0v) is 10.7. The third kappa shape index (κ3) is 3.07. The number of nitrogens with zero attached hydrogens (tertiary/aromatic N) is 2. The van der Waals surface area contributed by atoms with Crippen LogP contribution < -0.4 is 5.32 Å². The largest absolute Gasteiger partial charge is 0.352 e. The highest BCUT2D eigenvalue weighted by Gasteiger charge is 2.06. The van der Waals surface area contributed by atoms with E-state index in [2.05, 4.69) is 20.4 Å². The smallest absolute Gasteiger partial charge is 0.251 e. The lowest BCUT2D eigenvalue weighted by Crippen LogP contribution is -2.27. The number of aromatic amines is 1. The van der Waals surface area contributed by atoms with Gasteiger partial charge in [0.05, 0.1) is 11.7 Å². The van der Waals surface area contributed by atoms with E-state index >= 15 is 0 Å². The summed E-state index contributed by atoms with van der Waals surface area (Å²) in [4.78, 5) is 14.0. The van der Waals surface area contributed by atoms with Gasteiger partial charge in [0.2, 0.25) is 0 Å². The summed E-state index contributed by atoms with van der Waals surface area (Å²) < 4.78 is 0. The minimum atomic E-state index is -0.0307. The van der Waals surface area contributed by atoms with Gasteiger partial charge in [-0.2, -0.15) is 5.10 Å². The van der Waals surface area contributed by atoms with E-state index in [0.717, 1.165) is 23.9 Å². The summed E-state index contributed by atoms with van der Waals surface area (Å²) in [5, 5.41) is 10.7. The van der Waals surface area contributed by atoms with Crippen LogP contribution in [0.15, 0.2) is 24.4 Å². The first kappa shape index (κ1) is 12.6. The molecule has 18 heavy (non-hydrogen) atoms. The third-order valence-corrected chi connectivity index (χ3v) is 2.77. The first-order valence-electron chi connectivity index (χ1n) is 6.03. The van der Waals surface area contributed by atoms with Gasteiger partial charge in [0.25, 0.3) is 5.91 Å². The normalized spacial score (nSPS) is 11.1. The molecule has 2 aromatic rings. The quantitative estimate of drug-likeness (QED) is 0.780. The van der Waals surface area contributed by atoms with E-state index in [1.807, 2.05) is 32.3 Å². The number of benzene rings is 1. The van der Waals surface area contributed by atoms with E-state index in [1.165, 1.54) is 0 Å². The number of carbonyl (C=O) groups is 1. The molecule has 0 aliphatic heterocycles. The maximum atomic E-state index is 11.9. The van der Waals surface area contributed by atoms with Crippen molar-refractivity contribution in [3.63, 3.8) is 0 Å². The molecule has 1 amide bonds. The van der Waals surface area contributed by atoms with Gasteiger partial charge in [0.1, 0.15) is 0 Å². The molecule has 0 unspecified atom stereocenters. The van der Waals surface area contributed by atoms with Crippen molar-refractivity contribution in [3.05, 3.63) is 30.0 Å². The number of fused-ring (bicyclic) bond motifs is 1. The van der Waals surface area contributed by atoms with Gasteiger partial charge in [-0.15, -0.1) is 0 Å². The van der Waals surface area contributed by atoms with Gasteiger partial charge in [-0.1, -0.05) is 0 Å². The molecule has 5 heteroatoms. The Morgan fingerprint density at radius 1 is 1.44 bits per heavy atom. The summed E-state index contributed by atoms with van der Waals surface area (Å²) >= 11 is 0. The molecule has 1 aromatic carbocycles. The summed E-state index contributed by atoms with van der Waals surface area (Å²) in [6.45, 7) is 1.67. The molecule has 1 heterocycles. The summed E-state index contributed by atoms with van der Waals surface area (Å²) in [7, 11) is 4.04. The lowest BCUT2D eigenvalue weighted by molar-refractivity contribution is 0.0952.